The number of rotatable bonds is 4. The van der Waals surface area contributed by atoms with Crippen LogP contribution in [-0.2, 0) is 16.3 Å². The number of aliphatic hydroxyl groups excluding tert-OH is 1. The molecule has 1 amide bonds. The summed E-state index contributed by atoms with van der Waals surface area (Å²) in [7, 11) is -3.37. The van der Waals surface area contributed by atoms with Crippen LogP contribution in [0, 0.1) is 5.92 Å². The zero-order valence-corrected chi connectivity index (χ0v) is 14.7. The number of amides is 1. The zero-order chi connectivity index (χ0) is 18.0. The number of sulfone groups is 1. The van der Waals surface area contributed by atoms with E-state index in [1.54, 1.807) is 29.4 Å². The number of pyridine rings is 1. The Balaban J connectivity index is 1.74. The predicted molar refractivity (Wildman–Crippen MR) is 92.9 cm³/mol. The van der Waals surface area contributed by atoms with Gasteiger partial charge in [0.2, 0.25) is 0 Å². The molecule has 0 saturated carbocycles. The second kappa shape index (κ2) is 6.93. The van der Waals surface area contributed by atoms with Gasteiger partial charge < -0.3 is 10.0 Å². The van der Waals surface area contributed by atoms with Gasteiger partial charge in [-0.15, -0.1) is 0 Å². The van der Waals surface area contributed by atoms with Gasteiger partial charge in [-0.2, -0.15) is 0 Å². The first kappa shape index (κ1) is 17.6. The first-order valence-electron chi connectivity index (χ1n) is 8.01. The third-order valence-corrected chi connectivity index (χ3v) is 5.56. The van der Waals surface area contributed by atoms with E-state index in [1.165, 1.54) is 12.1 Å². The van der Waals surface area contributed by atoms with E-state index in [0.717, 1.165) is 11.8 Å². The summed E-state index contributed by atoms with van der Waals surface area (Å²) in [5, 5.41) is 10.3. The van der Waals surface area contributed by atoms with E-state index in [2.05, 4.69) is 4.98 Å². The molecule has 3 rings (SSSR count). The Bertz CT molecular complexity index is 868. The number of aliphatic hydroxyl groups is 1. The normalized spacial score (nSPS) is 20.6. The smallest absolute Gasteiger partial charge is 0.253 e. The van der Waals surface area contributed by atoms with Crippen LogP contribution in [-0.4, -0.2) is 54.8 Å². The second-order valence-corrected chi connectivity index (χ2v) is 8.41. The quantitative estimate of drug-likeness (QED) is 0.884. The summed E-state index contributed by atoms with van der Waals surface area (Å²) >= 11 is 0. The van der Waals surface area contributed by atoms with E-state index in [-0.39, 0.29) is 23.3 Å². The van der Waals surface area contributed by atoms with Gasteiger partial charge >= 0.3 is 0 Å². The molecule has 0 aliphatic carbocycles. The van der Waals surface area contributed by atoms with Crippen LogP contribution in [0.15, 0.2) is 53.7 Å². The van der Waals surface area contributed by atoms with E-state index in [1.807, 2.05) is 12.1 Å². The van der Waals surface area contributed by atoms with Crippen LogP contribution in [0.4, 0.5) is 0 Å². The highest BCUT2D eigenvalue weighted by Crippen LogP contribution is 2.23. The number of aromatic nitrogens is 1. The lowest BCUT2D eigenvalue weighted by Crippen LogP contribution is -2.29. The van der Waals surface area contributed by atoms with Gasteiger partial charge in [0, 0.05) is 43.2 Å². The van der Waals surface area contributed by atoms with Gasteiger partial charge in [0.1, 0.15) is 0 Å². The van der Waals surface area contributed by atoms with Gasteiger partial charge in [0.15, 0.2) is 9.84 Å². The molecule has 1 fully saturated rings. The highest BCUT2D eigenvalue weighted by molar-refractivity contribution is 7.90. The number of hydrogen-bond donors (Lipinski definition) is 1. The van der Waals surface area contributed by atoms with Crippen molar-refractivity contribution >= 4 is 15.7 Å². The molecule has 0 radical (unpaired) electrons. The highest BCUT2D eigenvalue weighted by atomic mass is 32.2. The molecule has 0 spiro atoms. The molecular formula is C18H20N2O4S. The van der Waals surface area contributed by atoms with Crippen molar-refractivity contribution < 1.29 is 18.3 Å². The Kier molecular flexibility index (Phi) is 4.87. The summed E-state index contributed by atoms with van der Waals surface area (Å²) < 4.78 is 23.3. The summed E-state index contributed by atoms with van der Waals surface area (Å²) in [6.45, 7) is 0.684. The van der Waals surface area contributed by atoms with Gasteiger partial charge in [-0.05, 0) is 42.3 Å². The zero-order valence-electron chi connectivity index (χ0n) is 13.9. The number of benzene rings is 1. The maximum absolute atomic E-state index is 12.7. The van der Waals surface area contributed by atoms with Crippen molar-refractivity contribution in [3.05, 3.63) is 59.9 Å². The number of β-amino-alcohol motifs (C(OH)–C–C–N with tert-alkyl or cyclic N) is 1. The summed E-state index contributed by atoms with van der Waals surface area (Å²) in [4.78, 5) is 18.4. The maximum atomic E-state index is 12.7. The lowest BCUT2D eigenvalue weighted by Gasteiger charge is -2.16. The average Bonchev–Trinajstić information content (AvgIpc) is 2.95. The summed E-state index contributed by atoms with van der Waals surface area (Å²) in [6, 6.07) is 9.81. The molecule has 0 unspecified atom stereocenters. The van der Waals surface area contributed by atoms with Crippen molar-refractivity contribution in [3.63, 3.8) is 0 Å². The van der Waals surface area contributed by atoms with Crippen molar-refractivity contribution in [1.29, 1.82) is 0 Å². The van der Waals surface area contributed by atoms with Crippen molar-refractivity contribution in [1.82, 2.24) is 9.88 Å². The predicted octanol–water partition coefficient (Wildman–Crippen LogP) is 1.16. The maximum Gasteiger partial charge on any atom is 0.253 e. The third kappa shape index (κ3) is 4.05. The topological polar surface area (TPSA) is 87.6 Å². The number of carbonyl (C=O) groups excluding carboxylic acids is 1. The first-order chi connectivity index (χ1) is 11.8. The first-order valence-corrected chi connectivity index (χ1v) is 9.90. The number of likely N-dealkylation sites (tertiary alicyclic amines) is 1. The summed E-state index contributed by atoms with van der Waals surface area (Å²) in [6.07, 6.45) is 4.58. The van der Waals surface area contributed by atoms with Crippen molar-refractivity contribution in [3.8, 4) is 0 Å². The van der Waals surface area contributed by atoms with Gasteiger partial charge in [0.05, 0.1) is 11.0 Å². The highest BCUT2D eigenvalue weighted by Gasteiger charge is 2.34. The van der Waals surface area contributed by atoms with Crippen molar-refractivity contribution in [2.24, 2.45) is 5.92 Å². The molecule has 25 heavy (non-hydrogen) atoms. The number of carbonyl (C=O) groups is 1. The Hall–Kier alpha value is -2.25. The SMILES string of the molecule is CS(=O)(=O)c1cccc(C(=O)N2C[C@@H](Cc3ccncc3)[C@@H](O)C2)c1. The Morgan fingerprint density at radius 2 is 1.96 bits per heavy atom. The molecule has 6 nitrogen and oxygen atoms in total. The summed E-state index contributed by atoms with van der Waals surface area (Å²) in [5.41, 5.74) is 1.38. The minimum absolute atomic E-state index is 0.0514. The third-order valence-electron chi connectivity index (χ3n) is 4.45. The van der Waals surface area contributed by atoms with Crippen LogP contribution in [0.1, 0.15) is 15.9 Å². The van der Waals surface area contributed by atoms with E-state index in [0.29, 0.717) is 18.5 Å². The molecule has 1 aliphatic rings. The van der Waals surface area contributed by atoms with Crippen LogP contribution in [0.2, 0.25) is 0 Å². The van der Waals surface area contributed by atoms with E-state index >= 15 is 0 Å². The lowest BCUT2D eigenvalue weighted by molar-refractivity contribution is 0.0764. The minimum Gasteiger partial charge on any atom is -0.391 e. The number of hydrogen-bond acceptors (Lipinski definition) is 5. The van der Waals surface area contributed by atoms with Crippen LogP contribution < -0.4 is 0 Å². The molecule has 1 saturated heterocycles. The molecule has 2 aromatic rings. The summed E-state index contributed by atoms with van der Waals surface area (Å²) in [5.74, 6) is -0.314. The van der Waals surface area contributed by atoms with Crippen molar-refractivity contribution in [2.45, 2.75) is 17.4 Å². The van der Waals surface area contributed by atoms with Gasteiger partial charge in [-0.1, -0.05) is 6.07 Å². The van der Waals surface area contributed by atoms with Gasteiger partial charge in [-0.25, -0.2) is 8.42 Å². The molecule has 132 valence electrons. The Labute approximate surface area is 147 Å². The van der Waals surface area contributed by atoms with Crippen molar-refractivity contribution in [2.75, 3.05) is 19.3 Å². The molecular weight excluding hydrogens is 340 g/mol. The number of nitrogens with zero attached hydrogens (tertiary/aromatic N) is 2. The fourth-order valence-electron chi connectivity index (χ4n) is 3.08. The Morgan fingerprint density at radius 3 is 2.64 bits per heavy atom. The fraction of sp³-hybridized carbons (Fsp3) is 0.333. The van der Waals surface area contributed by atoms with Crippen LogP contribution >= 0.6 is 0 Å². The molecule has 2 atom stereocenters. The largest absolute Gasteiger partial charge is 0.391 e. The molecule has 1 N–H and O–H groups in total. The van der Waals surface area contributed by atoms with E-state index in [9.17, 15) is 18.3 Å². The molecule has 7 heteroatoms. The average molecular weight is 360 g/mol. The molecule has 1 aromatic carbocycles. The molecule has 1 aliphatic heterocycles. The Morgan fingerprint density at radius 1 is 1.24 bits per heavy atom. The molecule has 2 heterocycles. The van der Waals surface area contributed by atoms with Gasteiger partial charge in [0.25, 0.3) is 5.91 Å². The minimum atomic E-state index is -3.37. The van der Waals surface area contributed by atoms with E-state index in [4.69, 9.17) is 0 Å². The molecule has 0 bridgehead atoms. The van der Waals surface area contributed by atoms with Gasteiger partial charge in [-0.3, -0.25) is 9.78 Å². The lowest BCUT2D eigenvalue weighted by atomic mass is 9.97. The van der Waals surface area contributed by atoms with Crippen LogP contribution in [0.3, 0.4) is 0 Å². The van der Waals surface area contributed by atoms with Crippen LogP contribution in [0.25, 0.3) is 0 Å². The monoisotopic (exact) mass is 360 g/mol. The second-order valence-electron chi connectivity index (χ2n) is 6.40. The fourth-order valence-corrected chi connectivity index (χ4v) is 3.75. The standard InChI is InChI=1S/C18H20N2O4S/c1-25(23,24)16-4-2-3-14(10-16)18(22)20-11-15(17(21)12-20)9-13-5-7-19-8-6-13/h2-8,10,15,17,21H,9,11-12H2,1H3/t15-,17+/m1/s1. The molecule has 1 aromatic heterocycles. The van der Waals surface area contributed by atoms with Crippen LogP contribution in [0.5, 0.6) is 0 Å². The van der Waals surface area contributed by atoms with E-state index < -0.39 is 15.9 Å².